The van der Waals surface area contributed by atoms with Crippen LogP contribution < -0.4 is 11.1 Å². The molecule has 0 bridgehead atoms. The molecule has 0 saturated heterocycles. The fraction of sp³-hybridized carbons (Fsp3) is 0.316. The summed E-state index contributed by atoms with van der Waals surface area (Å²) < 4.78 is 0. The van der Waals surface area contributed by atoms with Gasteiger partial charge in [0.1, 0.15) is 0 Å². The average Bonchev–Trinajstić information content (AvgIpc) is 2.47. The number of nitrogen functional groups attached to an aromatic ring is 1. The van der Waals surface area contributed by atoms with Crippen molar-refractivity contribution in [3.8, 4) is 11.1 Å². The Hall–Kier alpha value is -2.29. The zero-order chi connectivity index (χ0) is 16.1. The van der Waals surface area contributed by atoms with Crippen molar-refractivity contribution in [2.75, 3.05) is 12.3 Å². The van der Waals surface area contributed by atoms with Gasteiger partial charge in [-0.15, -0.1) is 0 Å². The maximum absolute atomic E-state index is 12.6. The molecule has 22 heavy (non-hydrogen) atoms. The predicted octanol–water partition coefficient (Wildman–Crippen LogP) is 4.02. The molecule has 0 aliphatic heterocycles. The van der Waals surface area contributed by atoms with E-state index in [0.29, 0.717) is 23.7 Å². The quantitative estimate of drug-likeness (QED) is 0.819. The molecule has 0 aliphatic carbocycles. The van der Waals surface area contributed by atoms with E-state index in [1.807, 2.05) is 49.4 Å². The summed E-state index contributed by atoms with van der Waals surface area (Å²) in [6.07, 6.45) is 0.973. The Bertz CT molecular complexity index is 662. The van der Waals surface area contributed by atoms with E-state index in [4.69, 9.17) is 5.73 Å². The molecule has 0 aliphatic rings. The Morgan fingerprint density at radius 3 is 2.45 bits per heavy atom. The molecule has 3 nitrogen and oxygen atoms in total. The van der Waals surface area contributed by atoms with Crippen molar-refractivity contribution in [3.05, 3.63) is 53.6 Å². The lowest BCUT2D eigenvalue weighted by Gasteiger charge is -2.15. The second kappa shape index (κ2) is 7.12. The van der Waals surface area contributed by atoms with Crippen molar-refractivity contribution in [1.29, 1.82) is 0 Å². The molecule has 0 unspecified atom stereocenters. The summed E-state index contributed by atoms with van der Waals surface area (Å²) in [5.74, 6) is 0.540. The van der Waals surface area contributed by atoms with Gasteiger partial charge in [0.2, 0.25) is 0 Å². The number of carbonyl (C=O) groups is 1. The molecule has 0 spiro atoms. The SMILES string of the molecule is Cc1cccc(-c2ccccc2N)c1C(=O)NCCC(C)C. The van der Waals surface area contributed by atoms with Crippen LogP contribution in [0.15, 0.2) is 42.5 Å². The van der Waals surface area contributed by atoms with Crippen molar-refractivity contribution in [2.24, 2.45) is 5.92 Å². The number of hydrogen-bond acceptors (Lipinski definition) is 2. The third-order valence-corrected chi connectivity index (χ3v) is 3.76. The Kier molecular flexibility index (Phi) is 5.21. The molecule has 116 valence electrons. The summed E-state index contributed by atoms with van der Waals surface area (Å²) in [6.45, 7) is 6.95. The summed E-state index contributed by atoms with van der Waals surface area (Å²) in [4.78, 5) is 12.6. The smallest absolute Gasteiger partial charge is 0.252 e. The molecule has 3 N–H and O–H groups in total. The third kappa shape index (κ3) is 3.67. The minimum absolute atomic E-state index is 0.0306. The van der Waals surface area contributed by atoms with Crippen LogP contribution in [0.4, 0.5) is 5.69 Å². The van der Waals surface area contributed by atoms with Gasteiger partial charge >= 0.3 is 0 Å². The molecule has 1 amide bonds. The summed E-state index contributed by atoms with van der Waals surface area (Å²) in [5, 5.41) is 3.02. The van der Waals surface area contributed by atoms with Crippen molar-refractivity contribution in [2.45, 2.75) is 27.2 Å². The lowest BCUT2D eigenvalue weighted by molar-refractivity contribution is 0.0952. The molecule has 0 radical (unpaired) electrons. The number of anilines is 1. The van der Waals surface area contributed by atoms with E-state index < -0.39 is 0 Å². The zero-order valence-electron chi connectivity index (χ0n) is 13.5. The van der Waals surface area contributed by atoms with Gasteiger partial charge in [-0.2, -0.15) is 0 Å². The number of nitrogens with one attached hydrogen (secondary N) is 1. The van der Waals surface area contributed by atoms with Crippen LogP contribution in [0.25, 0.3) is 11.1 Å². The van der Waals surface area contributed by atoms with Crippen LogP contribution in [0.5, 0.6) is 0 Å². The number of hydrogen-bond donors (Lipinski definition) is 2. The Morgan fingerprint density at radius 2 is 1.77 bits per heavy atom. The van der Waals surface area contributed by atoms with Gasteiger partial charge in [-0.3, -0.25) is 4.79 Å². The predicted molar refractivity (Wildman–Crippen MR) is 92.8 cm³/mol. The molecule has 0 saturated carbocycles. The van der Waals surface area contributed by atoms with Gasteiger partial charge in [0.25, 0.3) is 5.91 Å². The minimum atomic E-state index is -0.0306. The average molecular weight is 296 g/mol. The first-order valence-corrected chi connectivity index (χ1v) is 7.73. The highest BCUT2D eigenvalue weighted by Crippen LogP contribution is 2.30. The maximum atomic E-state index is 12.6. The van der Waals surface area contributed by atoms with Crippen molar-refractivity contribution in [3.63, 3.8) is 0 Å². The standard InChI is InChI=1S/C19H24N2O/c1-13(2)11-12-21-19(22)18-14(3)7-6-9-16(18)15-8-4-5-10-17(15)20/h4-10,13H,11-12,20H2,1-3H3,(H,21,22). The first-order valence-electron chi connectivity index (χ1n) is 7.73. The molecule has 2 rings (SSSR count). The number of nitrogens with two attached hydrogens (primary N) is 1. The molecule has 0 fully saturated rings. The topological polar surface area (TPSA) is 55.1 Å². The van der Waals surface area contributed by atoms with E-state index >= 15 is 0 Å². The highest BCUT2D eigenvalue weighted by molar-refractivity contribution is 6.03. The van der Waals surface area contributed by atoms with Crippen LogP contribution >= 0.6 is 0 Å². The molecule has 2 aromatic rings. The zero-order valence-corrected chi connectivity index (χ0v) is 13.5. The first kappa shape index (κ1) is 16.1. The minimum Gasteiger partial charge on any atom is -0.398 e. The summed E-state index contributed by atoms with van der Waals surface area (Å²) in [6, 6.07) is 13.5. The van der Waals surface area contributed by atoms with Gasteiger partial charge in [0.15, 0.2) is 0 Å². The number of benzene rings is 2. The third-order valence-electron chi connectivity index (χ3n) is 3.76. The highest BCUT2D eigenvalue weighted by atomic mass is 16.1. The van der Waals surface area contributed by atoms with E-state index in [9.17, 15) is 4.79 Å². The van der Waals surface area contributed by atoms with Crippen LogP contribution in [0, 0.1) is 12.8 Å². The van der Waals surface area contributed by atoms with Gasteiger partial charge in [-0.05, 0) is 36.5 Å². The van der Waals surface area contributed by atoms with E-state index in [2.05, 4.69) is 19.2 Å². The number of amides is 1. The molecular formula is C19H24N2O. The van der Waals surface area contributed by atoms with Gasteiger partial charge in [-0.1, -0.05) is 50.2 Å². The van der Waals surface area contributed by atoms with Gasteiger partial charge in [0.05, 0.1) is 5.56 Å². The van der Waals surface area contributed by atoms with Crippen molar-refractivity contribution < 1.29 is 4.79 Å². The second-order valence-electron chi connectivity index (χ2n) is 6.02. The van der Waals surface area contributed by atoms with Gasteiger partial charge in [-0.25, -0.2) is 0 Å². The largest absolute Gasteiger partial charge is 0.398 e. The van der Waals surface area contributed by atoms with Crippen molar-refractivity contribution in [1.82, 2.24) is 5.32 Å². The van der Waals surface area contributed by atoms with Gasteiger partial charge < -0.3 is 11.1 Å². The Morgan fingerprint density at radius 1 is 1.09 bits per heavy atom. The fourth-order valence-corrected chi connectivity index (χ4v) is 2.50. The molecule has 0 aromatic heterocycles. The number of aryl methyl sites for hydroxylation is 1. The van der Waals surface area contributed by atoms with Crippen LogP contribution in [-0.4, -0.2) is 12.5 Å². The molecule has 0 atom stereocenters. The summed E-state index contributed by atoms with van der Waals surface area (Å²) >= 11 is 0. The lowest BCUT2D eigenvalue weighted by atomic mass is 9.94. The monoisotopic (exact) mass is 296 g/mol. The Labute approximate surface area is 132 Å². The number of rotatable bonds is 5. The Balaban J connectivity index is 2.35. The van der Waals surface area contributed by atoms with E-state index in [1.165, 1.54) is 0 Å². The maximum Gasteiger partial charge on any atom is 0.252 e. The van der Waals surface area contributed by atoms with Crippen LogP contribution in [-0.2, 0) is 0 Å². The molecular weight excluding hydrogens is 272 g/mol. The van der Waals surface area contributed by atoms with Crippen LogP contribution in [0.1, 0.15) is 36.2 Å². The van der Waals surface area contributed by atoms with Crippen LogP contribution in [0.3, 0.4) is 0 Å². The van der Waals surface area contributed by atoms with Gasteiger partial charge in [0, 0.05) is 17.8 Å². The molecule has 2 aromatic carbocycles. The second-order valence-corrected chi connectivity index (χ2v) is 6.02. The number of para-hydroxylation sites is 1. The highest BCUT2D eigenvalue weighted by Gasteiger charge is 2.16. The van der Waals surface area contributed by atoms with E-state index in [0.717, 1.165) is 23.1 Å². The normalized spacial score (nSPS) is 10.7. The number of carbonyl (C=O) groups excluding carboxylic acids is 1. The summed E-state index contributed by atoms with van der Waals surface area (Å²) in [7, 11) is 0. The lowest BCUT2D eigenvalue weighted by Crippen LogP contribution is -2.26. The first-order chi connectivity index (χ1) is 10.5. The fourth-order valence-electron chi connectivity index (χ4n) is 2.50. The van der Waals surface area contributed by atoms with E-state index in [-0.39, 0.29) is 5.91 Å². The molecule has 3 heteroatoms. The van der Waals surface area contributed by atoms with Crippen molar-refractivity contribution >= 4 is 11.6 Å². The summed E-state index contributed by atoms with van der Waals surface area (Å²) in [5.41, 5.74) is 10.2. The molecule has 0 heterocycles. The van der Waals surface area contributed by atoms with E-state index in [1.54, 1.807) is 0 Å². The van der Waals surface area contributed by atoms with Crippen LogP contribution in [0.2, 0.25) is 0 Å².